The SMILES string of the molecule is COc1ccc([C@@H](NC(=O)[C@H](CC(C)C)Nc2ccc3c(cc2=O)[C@@H](NC(C)=O)CCc2cc(OC)c(OC)c(OC)c2-3)C(C)C)cc1OC. The summed E-state index contributed by atoms with van der Waals surface area (Å²) in [6, 6.07) is 11.1. The highest BCUT2D eigenvalue weighted by atomic mass is 16.5. The van der Waals surface area contributed by atoms with E-state index >= 15 is 0 Å². The maximum atomic E-state index is 14.1. The highest BCUT2D eigenvalue weighted by Gasteiger charge is 2.31. The van der Waals surface area contributed by atoms with Crippen molar-refractivity contribution < 1.29 is 33.3 Å². The lowest BCUT2D eigenvalue weighted by Crippen LogP contribution is -2.44. The van der Waals surface area contributed by atoms with Crippen molar-refractivity contribution in [3.63, 3.8) is 0 Å². The van der Waals surface area contributed by atoms with E-state index in [4.69, 9.17) is 23.7 Å². The highest BCUT2D eigenvalue weighted by Crippen LogP contribution is 2.50. The van der Waals surface area contributed by atoms with Gasteiger partial charge in [0.15, 0.2) is 23.0 Å². The molecule has 1 aliphatic rings. The van der Waals surface area contributed by atoms with Gasteiger partial charge in [0, 0.05) is 12.5 Å². The van der Waals surface area contributed by atoms with Gasteiger partial charge < -0.3 is 39.6 Å². The Kier molecular flexibility index (Phi) is 12.6. The second kappa shape index (κ2) is 16.7. The largest absolute Gasteiger partial charge is 0.493 e. The molecule has 50 heavy (non-hydrogen) atoms. The topological polar surface area (TPSA) is 133 Å². The van der Waals surface area contributed by atoms with Gasteiger partial charge in [-0.3, -0.25) is 14.4 Å². The van der Waals surface area contributed by atoms with Crippen LogP contribution in [0.2, 0.25) is 0 Å². The summed E-state index contributed by atoms with van der Waals surface area (Å²) >= 11 is 0. The number of carbonyl (C=O) groups is 2. The first-order chi connectivity index (χ1) is 23.9. The van der Waals surface area contributed by atoms with Gasteiger partial charge in [0.25, 0.3) is 0 Å². The standard InChI is InChI=1S/C39H51N3O8/c1-21(2)17-30(39(45)42-36(22(3)4)25-12-16-32(46-6)33(19-25)47-7)41-29-15-13-26-27(20-31(29)44)28(40-23(5)43)14-11-24-18-34(48-8)37(49-9)38(50-10)35(24)26/h12-13,15-16,18-22,28,30,36H,11,14,17H2,1-10H3,(H,40,43)(H,41,44)(H,42,45)/t28-,30-,36-/m0/s1. The van der Waals surface area contributed by atoms with E-state index in [1.165, 1.54) is 6.92 Å². The number of hydrogen-bond acceptors (Lipinski definition) is 9. The van der Waals surface area contributed by atoms with Crippen molar-refractivity contribution >= 4 is 17.5 Å². The number of ether oxygens (including phenoxy) is 5. The minimum atomic E-state index is -0.719. The number of nitrogens with one attached hydrogen (secondary N) is 3. The molecule has 0 saturated carbocycles. The van der Waals surface area contributed by atoms with Gasteiger partial charge in [-0.05, 0) is 83.7 Å². The first-order valence-electron chi connectivity index (χ1n) is 16.9. The van der Waals surface area contributed by atoms with Crippen LogP contribution in [0.4, 0.5) is 5.69 Å². The second-order valence-electron chi connectivity index (χ2n) is 13.3. The van der Waals surface area contributed by atoms with Crippen LogP contribution in [-0.2, 0) is 16.0 Å². The molecular formula is C39H51N3O8. The van der Waals surface area contributed by atoms with Crippen molar-refractivity contribution in [3.05, 3.63) is 69.4 Å². The lowest BCUT2D eigenvalue weighted by Gasteiger charge is -2.27. The molecule has 0 radical (unpaired) electrons. The predicted octanol–water partition coefficient (Wildman–Crippen LogP) is 6.22. The molecule has 0 spiro atoms. The van der Waals surface area contributed by atoms with Crippen LogP contribution in [0, 0.1) is 11.8 Å². The fraction of sp³-hybridized carbons (Fsp3) is 0.462. The number of aryl methyl sites for hydroxylation is 1. The average molecular weight is 690 g/mol. The molecule has 3 aromatic rings. The van der Waals surface area contributed by atoms with Crippen LogP contribution < -0.4 is 45.1 Å². The molecule has 0 bridgehead atoms. The van der Waals surface area contributed by atoms with Crippen LogP contribution in [0.3, 0.4) is 0 Å². The molecule has 0 heterocycles. The van der Waals surface area contributed by atoms with E-state index in [1.54, 1.807) is 47.7 Å². The van der Waals surface area contributed by atoms with Gasteiger partial charge in [-0.25, -0.2) is 0 Å². The number of rotatable bonds is 14. The summed E-state index contributed by atoms with van der Waals surface area (Å²) in [7, 11) is 7.83. The van der Waals surface area contributed by atoms with Gasteiger partial charge in [-0.15, -0.1) is 0 Å². The van der Waals surface area contributed by atoms with Crippen LogP contribution in [0.25, 0.3) is 11.1 Å². The zero-order valence-electron chi connectivity index (χ0n) is 30.8. The summed E-state index contributed by atoms with van der Waals surface area (Å²) in [5.41, 5.74) is 3.84. The molecule has 4 rings (SSSR count). The Morgan fingerprint density at radius 2 is 1.50 bits per heavy atom. The first-order valence-corrected chi connectivity index (χ1v) is 16.9. The van der Waals surface area contributed by atoms with E-state index in [0.717, 1.165) is 16.7 Å². The lowest BCUT2D eigenvalue weighted by molar-refractivity contribution is -0.123. The van der Waals surface area contributed by atoms with Crippen molar-refractivity contribution in [1.82, 2.24) is 10.6 Å². The minimum Gasteiger partial charge on any atom is -0.493 e. The number of anilines is 1. The van der Waals surface area contributed by atoms with E-state index in [9.17, 15) is 14.4 Å². The molecule has 3 N–H and O–H groups in total. The number of methoxy groups -OCH3 is 5. The van der Waals surface area contributed by atoms with E-state index in [1.807, 2.05) is 58.0 Å². The zero-order valence-corrected chi connectivity index (χ0v) is 30.8. The fourth-order valence-electron chi connectivity index (χ4n) is 6.65. The van der Waals surface area contributed by atoms with Gasteiger partial charge >= 0.3 is 0 Å². The summed E-state index contributed by atoms with van der Waals surface area (Å²) in [5.74, 6) is 2.32. The van der Waals surface area contributed by atoms with Crippen molar-refractivity contribution in [3.8, 4) is 39.9 Å². The molecule has 0 unspecified atom stereocenters. The summed E-state index contributed by atoms with van der Waals surface area (Å²) in [4.78, 5) is 40.5. The van der Waals surface area contributed by atoms with Crippen LogP contribution in [-0.4, -0.2) is 53.4 Å². The highest BCUT2D eigenvalue weighted by molar-refractivity contribution is 5.86. The molecule has 3 aromatic carbocycles. The third-order valence-corrected chi connectivity index (χ3v) is 9.00. The molecule has 0 fully saturated rings. The number of hydrogen-bond donors (Lipinski definition) is 3. The Labute approximate surface area is 295 Å². The smallest absolute Gasteiger partial charge is 0.242 e. The molecule has 3 atom stereocenters. The van der Waals surface area contributed by atoms with E-state index in [0.29, 0.717) is 59.1 Å². The fourth-order valence-corrected chi connectivity index (χ4v) is 6.65. The van der Waals surface area contributed by atoms with E-state index < -0.39 is 12.1 Å². The summed E-state index contributed by atoms with van der Waals surface area (Å²) < 4.78 is 28.2. The van der Waals surface area contributed by atoms with Crippen LogP contribution in [0.1, 0.15) is 76.2 Å². The number of benzene rings is 2. The van der Waals surface area contributed by atoms with Gasteiger partial charge in [0.1, 0.15) is 6.04 Å². The number of amides is 2. The molecule has 270 valence electrons. The summed E-state index contributed by atoms with van der Waals surface area (Å²) in [6.45, 7) is 9.60. The normalized spacial score (nSPS) is 14.8. The molecule has 0 saturated heterocycles. The quantitative estimate of drug-likeness (QED) is 0.180. The van der Waals surface area contributed by atoms with Gasteiger partial charge in [0.2, 0.25) is 23.0 Å². The Morgan fingerprint density at radius 3 is 2.08 bits per heavy atom. The van der Waals surface area contributed by atoms with Crippen molar-refractivity contribution in [2.75, 3.05) is 40.9 Å². The van der Waals surface area contributed by atoms with Crippen LogP contribution in [0.15, 0.2) is 47.3 Å². The van der Waals surface area contributed by atoms with Crippen molar-refractivity contribution in [2.24, 2.45) is 11.8 Å². The van der Waals surface area contributed by atoms with Gasteiger partial charge in [-0.1, -0.05) is 39.8 Å². The monoisotopic (exact) mass is 689 g/mol. The Hall–Kier alpha value is -4.93. The molecule has 2 amide bonds. The number of fused-ring (bicyclic) bond motifs is 3. The zero-order chi connectivity index (χ0) is 36.7. The van der Waals surface area contributed by atoms with Gasteiger partial charge in [-0.2, -0.15) is 0 Å². The Morgan fingerprint density at radius 1 is 0.820 bits per heavy atom. The molecule has 0 aromatic heterocycles. The molecule has 1 aliphatic carbocycles. The van der Waals surface area contributed by atoms with Crippen molar-refractivity contribution in [1.29, 1.82) is 0 Å². The molecule has 0 aliphatic heterocycles. The van der Waals surface area contributed by atoms with Gasteiger partial charge in [0.05, 0.1) is 53.3 Å². The molecular weight excluding hydrogens is 638 g/mol. The third kappa shape index (κ3) is 8.26. The Bertz CT molecular complexity index is 1760. The lowest BCUT2D eigenvalue weighted by atomic mass is 9.94. The first kappa shape index (κ1) is 37.9. The Balaban J connectivity index is 1.81. The van der Waals surface area contributed by atoms with E-state index in [2.05, 4.69) is 16.0 Å². The second-order valence-corrected chi connectivity index (χ2v) is 13.3. The summed E-state index contributed by atoms with van der Waals surface area (Å²) in [5, 5.41) is 9.55. The van der Waals surface area contributed by atoms with Crippen LogP contribution >= 0.6 is 0 Å². The van der Waals surface area contributed by atoms with Crippen LogP contribution in [0.5, 0.6) is 28.7 Å². The molecule has 11 heteroatoms. The van der Waals surface area contributed by atoms with E-state index in [-0.39, 0.29) is 40.8 Å². The van der Waals surface area contributed by atoms with Crippen molar-refractivity contribution in [2.45, 2.75) is 72.0 Å². The maximum Gasteiger partial charge on any atom is 0.242 e. The summed E-state index contributed by atoms with van der Waals surface area (Å²) in [6.07, 6.45) is 1.60. The number of carbonyl (C=O) groups excluding carboxylic acids is 2. The average Bonchev–Trinajstić information content (AvgIpc) is 3.33. The maximum absolute atomic E-state index is 14.1. The molecule has 11 nitrogen and oxygen atoms in total. The predicted molar refractivity (Wildman–Crippen MR) is 195 cm³/mol. The minimum absolute atomic E-state index is 0.0494. The third-order valence-electron chi connectivity index (χ3n) is 9.00.